The first-order valence-electron chi connectivity index (χ1n) is 4.59. The summed E-state index contributed by atoms with van der Waals surface area (Å²) in [6, 6.07) is 0. The minimum atomic E-state index is -1.74. The van der Waals surface area contributed by atoms with Crippen LogP contribution in [-0.2, 0) is 15.0 Å². The highest BCUT2D eigenvalue weighted by Gasteiger charge is 2.32. The Morgan fingerprint density at radius 2 is 1.85 bits per heavy atom. The molecule has 0 fully saturated rings. The minimum Gasteiger partial charge on any atom is -0.431 e. The summed E-state index contributed by atoms with van der Waals surface area (Å²) in [6.07, 6.45) is 0. The number of hydrogen-bond donors (Lipinski definition) is 1. The van der Waals surface area contributed by atoms with Crippen molar-refractivity contribution in [2.45, 2.75) is 45.8 Å². The van der Waals surface area contributed by atoms with Gasteiger partial charge in [-0.15, -0.1) is 10.8 Å². The van der Waals surface area contributed by atoms with Gasteiger partial charge in [-0.2, -0.15) is 0 Å². The molecule has 80 valence electrons. The minimum absolute atomic E-state index is 0.165. The summed E-state index contributed by atoms with van der Waals surface area (Å²) >= 11 is 0. The molecule has 0 rings (SSSR count). The molecule has 0 aromatic carbocycles. The Morgan fingerprint density at radius 3 is 2.15 bits per heavy atom. The molecule has 0 aliphatic carbocycles. The van der Waals surface area contributed by atoms with E-state index < -0.39 is 19.0 Å². The van der Waals surface area contributed by atoms with Crippen LogP contribution in [0, 0.1) is 0 Å². The lowest BCUT2D eigenvalue weighted by molar-refractivity contribution is 0.594. The number of rotatable bonds is 3. The molecule has 5 heteroatoms. The van der Waals surface area contributed by atoms with Crippen molar-refractivity contribution in [2.24, 2.45) is 4.03 Å². The predicted molar refractivity (Wildman–Crippen MR) is 61.4 cm³/mol. The van der Waals surface area contributed by atoms with Gasteiger partial charge >= 0.3 is 0 Å². The summed E-state index contributed by atoms with van der Waals surface area (Å²) in [4.78, 5) is 0. The fraction of sp³-hybridized carbons (Fsp3) is 1.00. The largest absolute Gasteiger partial charge is 0.431 e. The van der Waals surface area contributed by atoms with Crippen molar-refractivity contribution in [3.8, 4) is 0 Å². The Labute approximate surface area is 84.8 Å². The molecule has 0 radical (unpaired) electrons. The molecule has 0 bridgehead atoms. The summed E-state index contributed by atoms with van der Waals surface area (Å²) < 4.78 is 18.6. The molecule has 0 aliphatic heterocycles. The molecule has 0 atom stereocenters. The van der Waals surface area contributed by atoms with E-state index in [0.29, 0.717) is 6.54 Å². The van der Waals surface area contributed by atoms with Crippen molar-refractivity contribution >= 4 is 19.0 Å². The average molecular weight is 221 g/mol. The van der Waals surface area contributed by atoms with E-state index in [-0.39, 0.29) is 5.04 Å². The van der Waals surface area contributed by atoms with Crippen LogP contribution in [0.5, 0.6) is 0 Å². The van der Waals surface area contributed by atoms with E-state index in [9.17, 15) is 4.21 Å². The van der Waals surface area contributed by atoms with Gasteiger partial charge in [0, 0.05) is 0 Å². The fourth-order valence-corrected chi connectivity index (χ4v) is 3.76. The van der Waals surface area contributed by atoms with Crippen LogP contribution in [-0.4, -0.2) is 14.8 Å². The molecular weight excluding hydrogens is 200 g/mol. The second-order valence-corrected chi connectivity index (χ2v) is 10.8. The maximum absolute atomic E-state index is 11.4. The third-order valence-electron chi connectivity index (χ3n) is 2.41. The molecular formula is C8H21N2OSSi-. The van der Waals surface area contributed by atoms with Crippen LogP contribution < -0.4 is 4.72 Å². The standard InChI is InChI=1S/C8H21N2OSSi/c1-7-9-12(11)10-13(5,6)8(2,3)4/h7H2,1-6H3,(H,9,10,11)/q-1. The SMILES string of the molecule is CCN[S-](=O)=N[Si](C)(C)C(C)(C)C. The van der Waals surface area contributed by atoms with Crippen LogP contribution in [0.4, 0.5) is 0 Å². The quantitative estimate of drug-likeness (QED) is 0.578. The summed E-state index contributed by atoms with van der Waals surface area (Å²) in [6.45, 7) is 13.4. The van der Waals surface area contributed by atoms with Gasteiger partial charge in [0.1, 0.15) is 0 Å². The highest BCUT2D eigenvalue weighted by atomic mass is 32.2. The van der Waals surface area contributed by atoms with Crippen molar-refractivity contribution in [1.29, 1.82) is 0 Å². The van der Waals surface area contributed by atoms with Gasteiger partial charge in [-0.1, -0.05) is 40.8 Å². The lowest BCUT2D eigenvalue weighted by Crippen LogP contribution is -2.36. The van der Waals surface area contributed by atoms with Crippen LogP contribution in [0.2, 0.25) is 18.1 Å². The van der Waals surface area contributed by atoms with Gasteiger partial charge in [0.05, 0.1) is 0 Å². The average Bonchev–Trinajstić information content (AvgIpc) is 1.83. The lowest BCUT2D eigenvalue weighted by atomic mass is 10.2. The van der Waals surface area contributed by atoms with E-state index >= 15 is 0 Å². The van der Waals surface area contributed by atoms with Crippen molar-refractivity contribution in [3.63, 3.8) is 0 Å². The van der Waals surface area contributed by atoms with Gasteiger partial charge in [0.25, 0.3) is 0 Å². The summed E-state index contributed by atoms with van der Waals surface area (Å²) in [5, 5.41) is 0.165. The molecule has 0 heterocycles. The molecule has 3 nitrogen and oxygen atoms in total. The third kappa shape index (κ3) is 4.24. The van der Waals surface area contributed by atoms with Crippen molar-refractivity contribution < 1.29 is 4.21 Å². The first kappa shape index (κ1) is 13.1. The lowest BCUT2D eigenvalue weighted by Gasteiger charge is -2.35. The topological polar surface area (TPSA) is 41.5 Å². The van der Waals surface area contributed by atoms with Crippen molar-refractivity contribution in [1.82, 2.24) is 4.72 Å². The molecule has 0 aromatic heterocycles. The predicted octanol–water partition coefficient (Wildman–Crippen LogP) is 2.66. The molecule has 0 unspecified atom stereocenters. The summed E-state index contributed by atoms with van der Waals surface area (Å²) in [5.41, 5.74) is 0. The zero-order valence-corrected chi connectivity index (χ0v) is 11.3. The molecule has 0 amide bonds. The van der Waals surface area contributed by atoms with Crippen LogP contribution >= 0.6 is 0 Å². The number of nitrogens with zero attached hydrogens (tertiary/aromatic N) is 1. The van der Waals surface area contributed by atoms with E-state index in [1.54, 1.807) is 0 Å². The monoisotopic (exact) mass is 221 g/mol. The van der Waals surface area contributed by atoms with E-state index in [1.165, 1.54) is 0 Å². The van der Waals surface area contributed by atoms with Gasteiger partial charge in [0.15, 0.2) is 8.24 Å². The van der Waals surface area contributed by atoms with Crippen molar-refractivity contribution in [2.75, 3.05) is 6.54 Å². The van der Waals surface area contributed by atoms with E-state index in [4.69, 9.17) is 0 Å². The molecule has 1 N–H and O–H groups in total. The van der Waals surface area contributed by atoms with Crippen LogP contribution in [0.15, 0.2) is 4.03 Å². The normalized spacial score (nSPS) is 16.2. The molecule has 0 spiro atoms. The zero-order chi connectivity index (χ0) is 10.7. The van der Waals surface area contributed by atoms with E-state index in [2.05, 4.69) is 42.6 Å². The van der Waals surface area contributed by atoms with Crippen LogP contribution in [0.3, 0.4) is 0 Å². The molecule has 13 heavy (non-hydrogen) atoms. The van der Waals surface area contributed by atoms with Gasteiger partial charge in [-0.3, -0.25) is 0 Å². The second-order valence-electron chi connectivity index (χ2n) is 4.65. The molecule has 0 aliphatic rings. The highest BCUT2D eigenvalue weighted by molar-refractivity contribution is 7.73. The Hall–Kier alpha value is 0.127. The first-order valence-corrected chi connectivity index (χ1v) is 8.64. The van der Waals surface area contributed by atoms with E-state index in [0.717, 1.165) is 0 Å². The molecule has 0 saturated carbocycles. The number of nitrogens with one attached hydrogen (secondary N) is 1. The summed E-state index contributed by atoms with van der Waals surface area (Å²) in [5.74, 6) is 0. The maximum atomic E-state index is 11.4. The third-order valence-corrected chi connectivity index (χ3v) is 9.11. The second kappa shape index (κ2) is 4.57. The smallest absolute Gasteiger partial charge is 0.150 e. The Balaban J connectivity index is 4.68. The van der Waals surface area contributed by atoms with Gasteiger partial charge in [-0.25, -0.2) is 0 Å². The summed E-state index contributed by atoms with van der Waals surface area (Å²) in [7, 11) is -2.94. The maximum Gasteiger partial charge on any atom is 0.150 e. The highest BCUT2D eigenvalue weighted by Crippen LogP contribution is 2.36. The zero-order valence-electron chi connectivity index (χ0n) is 9.47. The number of hydrogen-bond acceptors (Lipinski definition) is 3. The first-order chi connectivity index (χ1) is 5.70. The Kier molecular flexibility index (Phi) is 4.61. The van der Waals surface area contributed by atoms with Crippen LogP contribution in [0.25, 0.3) is 0 Å². The van der Waals surface area contributed by atoms with Gasteiger partial charge in [-0.05, 0) is 11.6 Å². The van der Waals surface area contributed by atoms with Crippen molar-refractivity contribution in [3.05, 3.63) is 0 Å². The van der Waals surface area contributed by atoms with Gasteiger partial charge < -0.3 is 13.0 Å². The van der Waals surface area contributed by atoms with Gasteiger partial charge in [0.2, 0.25) is 0 Å². The van der Waals surface area contributed by atoms with Crippen LogP contribution in [0.1, 0.15) is 27.7 Å². The Bertz CT molecular complexity index is 239. The molecule has 0 aromatic rings. The van der Waals surface area contributed by atoms with E-state index in [1.807, 2.05) is 6.92 Å². The fourth-order valence-electron chi connectivity index (χ4n) is 0.500. The molecule has 0 saturated heterocycles. The Morgan fingerprint density at radius 1 is 1.38 bits per heavy atom.